The van der Waals surface area contributed by atoms with E-state index in [-0.39, 0.29) is 11.4 Å². The molecule has 0 aliphatic carbocycles. The molecule has 0 aromatic heterocycles. The van der Waals surface area contributed by atoms with Crippen molar-refractivity contribution in [3.63, 3.8) is 0 Å². The van der Waals surface area contributed by atoms with Crippen molar-refractivity contribution in [1.29, 1.82) is 5.26 Å². The van der Waals surface area contributed by atoms with Crippen LogP contribution in [0.2, 0.25) is 0 Å². The zero-order chi connectivity index (χ0) is 14.8. The third-order valence-corrected chi connectivity index (χ3v) is 3.75. The Hall–Kier alpha value is -1.86. The molecule has 0 bridgehead atoms. The van der Waals surface area contributed by atoms with Gasteiger partial charge in [0.1, 0.15) is 0 Å². The summed E-state index contributed by atoms with van der Waals surface area (Å²) in [5.74, 6) is 0.0238. The van der Waals surface area contributed by atoms with Crippen LogP contribution >= 0.6 is 0 Å². The Morgan fingerprint density at radius 2 is 1.85 bits per heavy atom. The van der Waals surface area contributed by atoms with Gasteiger partial charge in [0, 0.05) is 37.3 Å². The van der Waals surface area contributed by atoms with Crippen LogP contribution in [0.5, 0.6) is 0 Å². The van der Waals surface area contributed by atoms with Crippen LogP contribution in [0.15, 0.2) is 24.3 Å². The molecule has 0 N–H and O–H groups in total. The fourth-order valence-corrected chi connectivity index (χ4v) is 2.48. The summed E-state index contributed by atoms with van der Waals surface area (Å²) in [6.07, 6.45) is 0. The van der Waals surface area contributed by atoms with E-state index < -0.39 is 0 Å². The molecule has 1 amide bonds. The summed E-state index contributed by atoms with van der Waals surface area (Å²) in [7, 11) is 0. The first-order valence-corrected chi connectivity index (χ1v) is 6.96. The lowest BCUT2D eigenvalue weighted by Gasteiger charge is -2.42. The molecule has 1 aromatic carbocycles. The monoisotopic (exact) mass is 271 g/mol. The van der Waals surface area contributed by atoms with E-state index >= 15 is 0 Å². The van der Waals surface area contributed by atoms with Gasteiger partial charge in [0.05, 0.1) is 11.6 Å². The Bertz CT molecular complexity index is 531. The molecule has 0 saturated carbocycles. The minimum Gasteiger partial charge on any atom is -0.336 e. The third-order valence-electron chi connectivity index (χ3n) is 3.75. The molecular formula is C16H21N3O. The molecule has 106 valence electrons. The molecule has 1 aliphatic rings. The highest BCUT2D eigenvalue weighted by Crippen LogP contribution is 2.17. The predicted molar refractivity (Wildman–Crippen MR) is 78.4 cm³/mol. The number of nitriles is 1. The molecule has 20 heavy (non-hydrogen) atoms. The van der Waals surface area contributed by atoms with Gasteiger partial charge < -0.3 is 4.90 Å². The fourth-order valence-electron chi connectivity index (χ4n) is 2.48. The zero-order valence-corrected chi connectivity index (χ0v) is 12.4. The van der Waals surface area contributed by atoms with Crippen molar-refractivity contribution in [2.45, 2.75) is 26.3 Å². The molecule has 1 heterocycles. The Morgan fingerprint density at radius 3 is 2.40 bits per heavy atom. The number of carbonyl (C=O) groups excluding carboxylic acids is 1. The van der Waals surface area contributed by atoms with Crippen molar-refractivity contribution in [2.75, 3.05) is 26.2 Å². The smallest absolute Gasteiger partial charge is 0.253 e. The van der Waals surface area contributed by atoms with Gasteiger partial charge in [-0.3, -0.25) is 9.69 Å². The first-order chi connectivity index (χ1) is 9.41. The van der Waals surface area contributed by atoms with Gasteiger partial charge in [0.15, 0.2) is 0 Å². The van der Waals surface area contributed by atoms with E-state index in [1.165, 1.54) is 0 Å². The lowest BCUT2D eigenvalue weighted by atomic mass is 10.0. The molecule has 1 fully saturated rings. The second-order valence-corrected chi connectivity index (χ2v) is 6.14. The van der Waals surface area contributed by atoms with Gasteiger partial charge in [-0.15, -0.1) is 0 Å². The molecule has 1 aromatic rings. The Labute approximate surface area is 120 Å². The van der Waals surface area contributed by atoms with Gasteiger partial charge >= 0.3 is 0 Å². The van der Waals surface area contributed by atoms with E-state index in [0.717, 1.165) is 26.2 Å². The average Bonchev–Trinajstić information content (AvgIpc) is 2.46. The van der Waals surface area contributed by atoms with E-state index in [9.17, 15) is 4.79 Å². The second kappa shape index (κ2) is 5.64. The van der Waals surface area contributed by atoms with Crippen LogP contribution in [0.3, 0.4) is 0 Å². The summed E-state index contributed by atoms with van der Waals surface area (Å²) in [5.41, 5.74) is 1.29. The SMILES string of the molecule is CC(C)(C)N1CCN(C(=O)c2cccc(C#N)c2)CC1. The normalized spacial score (nSPS) is 16.8. The first-order valence-electron chi connectivity index (χ1n) is 6.96. The third kappa shape index (κ3) is 3.17. The van der Waals surface area contributed by atoms with Crippen LogP contribution < -0.4 is 0 Å². The van der Waals surface area contributed by atoms with E-state index in [2.05, 4.69) is 31.7 Å². The molecule has 0 atom stereocenters. The number of hydrogen-bond donors (Lipinski definition) is 0. The average molecular weight is 271 g/mol. The van der Waals surface area contributed by atoms with Gasteiger partial charge in [-0.2, -0.15) is 5.26 Å². The van der Waals surface area contributed by atoms with Crippen molar-refractivity contribution >= 4 is 5.91 Å². The van der Waals surface area contributed by atoms with Crippen molar-refractivity contribution in [3.05, 3.63) is 35.4 Å². The number of amides is 1. The topological polar surface area (TPSA) is 47.3 Å². The summed E-state index contributed by atoms with van der Waals surface area (Å²) in [4.78, 5) is 16.7. The van der Waals surface area contributed by atoms with Gasteiger partial charge in [-0.1, -0.05) is 6.07 Å². The van der Waals surface area contributed by atoms with Crippen molar-refractivity contribution in [3.8, 4) is 6.07 Å². The largest absolute Gasteiger partial charge is 0.336 e. The van der Waals surface area contributed by atoms with Crippen LogP contribution in [0.4, 0.5) is 0 Å². The number of piperazine rings is 1. The maximum atomic E-state index is 12.4. The fraction of sp³-hybridized carbons (Fsp3) is 0.500. The number of rotatable bonds is 1. The van der Waals surface area contributed by atoms with E-state index in [1.54, 1.807) is 24.3 Å². The summed E-state index contributed by atoms with van der Waals surface area (Å²) in [6, 6.07) is 8.99. The van der Waals surface area contributed by atoms with Gasteiger partial charge in [0.25, 0.3) is 5.91 Å². The summed E-state index contributed by atoms with van der Waals surface area (Å²) in [5, 5.41) is 8.90. The number of hydrogen-bond acceptors (Lipinski definition) is 3. The Balaban J connectivity index is 2.03. The molecule has 4 nitrogen and oxygen atoms in total. The van der Waals surface area contributed by atoms with Gasteiger partial charge in [-0.05, 0) is 39.0 Å². The van der Waals surface area contributed by atoms with E-state index in [4.69, 9.17) is 5.26 Å². The highest BCUT2D eigenvalue weighted by Gasteiger charge is 2.28. The standard InChI is InChI=1S/C16H21N3O/c1-16(2,3)19-9-7-18(8-10-19)15(20)14-6-4-5-13(11-14)12-17/h4-6,11H,7-10H2,1-3H3. The highest BCUT2D eigenvalue weighted by atomic mass is 16.2. The van der Waals surface area contributed by atoms with Gasteiger partial charge in [-0.25, -0.2) is 0 Å². The molecule has 1 aliphatic heterocycles. The number of benzene rings is 1. The molecule has 0 spiro atoms. The minimum absolute atomic E-state index is 0.0238. The van der Waals surface area contributed by atoms with E-state index in [0.29, 0.717) is 11.1 Å². The van der Waals surface area contributed by atoms with Crippen LogP contribution in [0, 0.1) is 11.3 Å². The number of carbonyl (C=O) groups is 1. The molecule has 1 saturated heterocycles. The summed E-state index contributed by atoms with van der Waals surface area (Å²) >= 11 is 0. The Morgan fingerprint density at radius 1 is 1.20 bits per heavy atom. The van der Waals surface area contributed by atoms with Gasteiger partial charge in [0.2, 0.25) is 0 Å². The maximum Gasteiger partial charge on any atom is 0.253 e. The van der Waals surface area contributed by atoms with E-state index in [1.807, 2.05) is 4.90 Å². The van der Waals surface area contributed by atoms with Crippen LogP contribution in [-0.2, 0) is 0 Å². The zero-order valence-electron chi connectivity index (χ0n) is 12.4. The lowest BCUT2D eigenvalue weighted by molar-refractivity contribution is 0.0451. The summed E-state index contributed by atoms with van der Waals surface area (Å²) in [6.45, 7) is 9.86. The lowest BCUT2D eigenvalue weighted by Crippen LogP contribution is -2.54. The second-order valence-electron chi connectivity index (χ2n) is 6.14. The molecule has 0 radical (unpaired) electrons. The summed E-state index contributed by atoms with van der Waals surface area (Å²) < 4.78 is 0. The quantitative estimate of drug-likeness (QED) is 0.786. The van der Waals surface area contributed by atoms with Crippen molar-refractivity contribution < 1.29 is 4.79 Å². The molecular weight excluding hydrogens is 250 g/mol. The first kappa shape index (κ1) is 14.5. The number of nitrogens with zero attached hydrogens (tertiary/aromatic N) is 3. The Kier molecular flexibility index (Phi) is 4.10. The molecule has 2 rings (SSSR count). The minimum atomic E-state index is 0.0238. The van der Waals surface area contributed by atoms with Crippen LogP contribution in [0.1, 0.15) is 36.7 Å². The molecule has 0 unspecified atom stereocenters. The molecule has 4 heteroatoms. The highest BCUT2D eigenvalue weighted by molar-refractivity contribution is 5.94. The predicted octanol–water partition coefficient (Wildman–Crippen LogP) is 2.11. The van der Waals surface area contributed by atoms with Crippen molar-refractivity contribution in [1.82, 2.24) is 9.80 Å². The maximum absolute atomic E-state index is 12.4. The van der Waals surface area contributed by atoms with Crippen LogP contribution in [-0.4, -0.2) is 47.4 Å². The van der Waals surface area contributed by atoms with Crippen molar-refractivity contribution in [2.24, 2.45) is 0 Å². The van der Waals surface area contributed by atoms with Crippen LogP contribution in [0.25, 0.3) is 0 Å².